The zero-order chi connectivity index (χ0) is 15.6. The van der Waals surface area contributed by atoms with Crippen molar-refractivity contribution in [3.05, 3.63) is 59.2 Å². The van der Waals surface area contributed by atoms with Crippen molar-refractivity contribution in [2.75, 3.05) is 0 Å². The maximum absolute atomic E-state index is 12.3. The van der Waals surface area contributed by atoms with Crippen LogP contribution < -0.4 is 4.18 Å². The van der Waals surface area contributed by atoms with Gasteiger partial charge in [0.1, 0.15) is 10.6 Å². The molecular weight excluding hydrogens is 292 g/mol. The van der Waals surface area contributed by atoms with E-state index in [0.29, 0.717) is 11.1 Å². The second-order valence-electron chi connectivity index (χ2n) is 4.59. The van der Waals surface area contributed by atoms with Gasteiger partial charge in [-0.25, -0.2) is 4.79 Å². The van der Waals surface area contributed by atoms with Crippen molar-refractivity contribution in [1.82, 2.24) is 0 Å². The van der Waals surface area contributed by atoms with E-state index in [4.69, 9.17) is 9.29 Å². The summed E-state index contributed by atoms with van der Waals surface area (Å²) in [5.74, 6) is -0.972. The third kappa shape index (κ3) is 3.22. The van der Waals surface area contributed by atoms with Gasteiger partial charge in [-0.3, -0.25) is 0 Å². The van der Waals surface area contributed by atoms with Crippen LogP contribution in [0.4, 0.5) is 0 Å². The molecule has 0 aromatic heterocycles. The van der Waals surface area contributed by atoms with Crippen molar-refractivity contribution >= 4 is 16.1 Å². The number of hydrogen-bond acceptors (Lipinski definition) is 4. The van der Waals surface area contributed by atoms with Gasteiger partial charge in [-0.1, -0.05) is 24.3 Å². The van der Waals surface area contributed by atoms with Crippen molar-refractivity contribution in [1.29, 1.82) is 0 Å². The topological polar surface area (TPSA) is 80.7 Å². The Labute approximate surface area is 122 Å². The van der Waals surface area contributed by atoms with Gasteiger partial charge < -0.3 is 9.29 Å². The summed E-state index contributed by atoms with van der Waals surface area (Å²) >= 11 is 0. The van der Waals surface area contributed by atoms with E-state index in [-0.39, 0.29) is 16.2 Å². The number of carboxylic acid groups (broad SMARTS) is 1. The lowest BCUT2D eigenvalue weighted by Crippen LogP contribution is -2.13. The summed E-state index contributed by atoms with van der Waals surface area (Å²) in [4.78, 5) is 10.8. The molecule has 110 valence electrons. The maximum Gasteiger partial charge on any atom is 0.339 e. The van der Waals surface area contributed by atoms with Gasteiger partial charge >= 0.3 is 16.1 Å². The largest absolute Gasteiger partial charge is 0.478 e. The maximum atomic E-state index is 12.3. The Morgan fingerprint density at radius 3 is 2.33 bits per heavy atom. The molecule has 0 aliphatic rings. The summed E-state index contributed by atoms with van der Waals surface area (Å²) in [5.41, 5.74) is 0.995. The van der Waals surface area contributed by atoms with Crippen molar-refractivity contribution < 1.29 is 22.5 Å². The molecule has 0 fully saturated rings. The van der Waals surface area contributed by atoms with Crippen LogP contribution in [0.5, 0.6) is 5.75 Å². The molecule has 5 nitrogen and oxygen atoms in total. The average molecular weight is 306 g/mol. The summed E-state index contributed by atoms with van der Waals surface area (Å²) in [6.45, 7) is 3.31. The number of rotatable bonds is 4. The lowest BCUT2D eigenvalue weighted by molar-refractivity contribution is 0.0696. The van der Waals surface area contributed by atoms with Crippen LogP contribution in [0.1, 0.15) is 21.5 Å². The molecule has 0 radical (unpaired) electrons. The molecule has 2 rings (SSSR count). The average Bonchev–Trinajstić information content (AvgIpc) is 2.41. The second kappa shape index (κ2) is 5.57. The van der Waals surface area contributed by atoms with E-state index in [2.05, 4.69) is 0 Å². The van der Waals surface area contributed by atoms with Gasteiger partial charge in [0.15, 0.2) is 0 Å². The first-order valence-electron chi connectivity index (χ1n) is 6.15. The summed E-state index contributed by atoms with van der Waals surface area (Å²) < 4.78 is 29.8. The summed E-state index contributed by atoms with van der Waals surface area (Å²) in [5, 5.41) is 8.96. The molecule has 0 aliphatic heterocycles. The van der Waals surface area contributed by atoms with E-state index in [9.17, 15) is 13.2 Å². The minimum Gasteiger partial charge on any atom is -0.478 e. The number of hydrogen-bond donors (Lipinski definition) is 1. The molecule has 0 saturated heterocycles. The Hall–Kier alpha value is -2.34. The van der Waals surface area contributed by atoms with Crippen molar-refractivity contribution in [3.63, 3.8) is 0 Å². The zero-order valence-corrected chi connectivity index (χ0v) is 12.3. The minimum atomic E-state index is -4.09. The molecule has 0 atom stereocenters. The number of aryl methyl sites for hydroxylation is 2. The van der Waals surface area contributed by atoms with Crippen LogP contribution in [0.2, 0.25) is 0 Å². The number of benzene rings is 2. The smallest absolute Gasteiger partial charge is 0.339 e. The lowest BCUT2D eigenvalue weighted by atomic mass is 10.1. The normalized spacial score (nSPS) is 11.1. The molecule has 0 spiro atoms. The van der Waals surface area contributed by atoms with Gasteiger partial charge in [0.2, 0.25) is 0 Å². The van der Waals surface area contributed by atoms with Gasteiger partial charge in [-0.15, -0.1) is 0 Å². The number of aromatic carboxylic acids is 1. The molecule has 6 heteroatoms. The molecule has 0 amide bonds. The van der Waals surface area contributed by atoms with Crippen LogP contribution in [0.15, 0.2) is 47.4 Å². The second-order valence-corrected chi connectivity index (χ2v) is 6.10. The Morgan fingerprint density at radius 2 is 1.71 bits per heavy atom. The van der Waals surface area contributed by atoms with E-state index < -0.39 is 16.1 Å². The van der Waals surface area contributed by atoms with Gasteiger partial charge in [0.05, 0.1) is 5.56 Å². The molecule has 21 heavy (non-hydrogen) atoms. The highest BCUT2D eigenvalue weighted by Crippen LogP contribution is 2.24. The third-order valence-corrected chi connectivity index (χ3v) is 4.37. The van der Waals surface area contributed by atoms with Crippen molar-refractivity contribution in [3.8, 4) is 5.75 Å². The van der Waals surface area contributed by atoms with Crippen molar-refractivity contribution in [2.24, 2.45) is 0 Å². The SMILES string of the molecule is Cc1ccccc1OS(=O)(=O)c1cc(C(=O)O)ccc1C. The molecule has 0 saturated carbocycles. The fourth-order valence-corrected chi connectivity index (χ4v) is 3.06. The Morgan fingerprint density at radius 1 is 1.05 bits per heavy atom. The summed E-state index contributed by atoms with van der Waals surface area (Å²) in [6, 6.07) is 10.6. The van der Waals surface area contributed by atoms with Gasteiger partial charge in [-0.2, -0.15) is 8.42 Å². The molecule has 2 aromatic rings. The molecule has 0 bridgehead atoms. The lowest BCUT2D eigenvalue weighted by Gasteiger charge is -2.11. The highest BCUT2D eigenvalue weighted by molar-refractivity contribution is 7.87. The van der Waals surface area contributed by atoms with E-state index in [1.54, 1.807) is 38.1 Å². The van der Waals surface area contributed by atoms with Crippen molar-refractivity contribution in [2.45, 2.75) is 18.7 Å². The fourth-order valence-electron chi connectivity index (χ4n) is 1.82. The Kier molecular flexibility index (Phi) is 3.99. The fraction of sp³-hybridized carbons (Fsp3) is 0.133. The standard InChI is InChI=1S/C15H14O5S/c1-10-5-3-4-6-13(10)20-21(18,19)14-9-12(15(16)17)8-7-11(14)2/h3-9H,1-2H3,(H,16,17). The molecule has 0 unspecified atom stereocenters. The Balaban J connectivity index is 2.47. The molecule has 0 aliphatic carbocycles. The van der Waals surface area contributed by atoms with Crippen LogP contribution in [0.3, 0.4) is 0 Å². The van der Waals surface area contributed by atoms with E-state index in [0.717, 1.165) is 6.07 Å². The highest BCUT2D eigenvalue weighted by atomic mass is 32.2. The summed E-state index contributed by atoms with van der Waals surface area (Å²) in [7, 11) is -4.09. The van der Waals surface area contributed by atoms with Crippen LogP contribution in [0.25, 0.3) is 0 Å². The van der Waals surface area contributed by atoms with Crippen LogP contribution in [-0.4, -0.2) is 19.5 Å². The molecule has 0 heterocycles. The van der Waals surface area contributed by atoms with E-state index in [1.165, 1.54) is 12.1 Å². The minimum absolute atomic E-state index is 0.104. The van der Waals surface area contributed by atoms with Crippen LogP contribution in [0, 0.1) is 13.8 Å². The van der Waals surface area contributed by atoms with Gasteiger partial charge in [0, 0.05) is 0 Å². The number of para-hydroxylation sites is 1. The van der Waals surface area contributed by atoms with E-state index in [1.807, 2.05) is 0 Å². The highest BCUT2D eigenvalue weighted by Gasteiger charge is 2.21. The quantitative estimate of drug-likeness (QED) is 0.878. The van der Waals surface area contributed by atoms with Crippen LogP contribution >= 0.6 is 0 Å². The van der Waals surface area contributed by atoms with E-state index >= 15 is 0 Å². The monoisotopic (exact) mass is 306 g/mol. The molecule has 2 aromatic carbocycles. The number of carboxylic acids is 1. The first kappa shape index (κ1) is 15.1. The molecule has 1 N–H and O–H groups in total. The predicted molar refractivity (Wildman–Crippen MR) is 77.1 cm³/mol. The Bertz CT molecular complexity index is 793. The first-order valence-corrected chi connectivity index (χ1v) is 7.56. The third-order valence-electron chi connectivity index (χ3n) is 3.00. The molecular formula is C15H14O5S. The summed E-state index contributed by atoms with van der Waals surface area (Å²) in [6.07, 6.45) is 0. The first-order chi connectivity index (χ1) is 9.81. The number of carbonyl (C=O) groups is 1. The van der Waals surface area contributed by atoms with Gasteiger partial charge in [-0.05, 0) is 43.2 Å². The zero-order valence-electron chi connectivity index (χ0n) is 11.5. The van der Waals surface area contributed by atoms with Crippen LogP contribution in [-0.2, 0) is 10.1 Å². The van der Waals surface area contributed by atoms with Gasteiger partial charge in [0.25, 0.3) is 0 Å². The predicted octanol–water partition coefficient (Wildman–Crippen LogP) is 2.77.